The van der Waals surface area contributed by atoms with Crippen LogP contribution in [0, 0.1) is 5.95 Å². The topological polar surface area (TPSA) is 70.7 Å². The highest BCUT2D eigenvalue weighted by atomic mass is 19.1. The Morgan fingerprint density at radius 2 is 2.41 bits per heavy atom. The first kappa shape index (κ1) is 11.3. The molecule has 0 spiro atoms. The lowest BCUT2D eigenvalue weighted by atomic mass is 10.2. The number of rotatable bonds is 3. The van der Waals surface area contributed by atoms with Gasteiger partial charge in [-0.2, -0.15) is 9.49 Å². The zero-order chi connectivity index (χ0) is 12.3. The summed E-state index contributed by atoms with van der Waals surface area (Å²) in [7, 11) is 0. The first-order valence-corrected chi connectivity index (χ1v) is 5.17. The van der Waals surface area contributed by atoms with Gasteiger partial charge in [-0.05, 0) is 18.6 Å². The van der Waals surface area contributed by atoms with E-state index in [4.69, 9.17) is 0 Å². The molecule has 6 heteroatoms. The third kappa shape index (κ3) is 2.47. The smallest absolute Gasteiger partial charge is 0.261 e. The van der Waals surface area contributed by atoms with Crippen molar-refractivity contribution in [2.75, 3.05) is 5.32 Å². The SMILES string of the molecule is CCc1cc(NC(=O)c2cccnc2F)n[nH]1. The van der Waals surface area contributed by atoms with Crippen molar-refractivity contribution in [2.24, 2.45) is 0 Å². The number of nitrogens with one attached hydrogen (secondary N) is 2. The van der Waals surface area contributed by atoms with Gasteiger partial charge >= 0.3 is 0 Å². The molecular formula is C11H11FN4O. The van der Waals surface area contributed by atoms with Crippen molar-refractivity contribution in [3.05, 3.63) is 41.6 Å². The van der Waals surface area contributed by atoms with Crippen molar-refractivity contribution < 1.29 is 9.18 Å². The van der Waals surface area contributed by atoms with Gasteiger partial charge in [-0.25, -0.2) is 4.98 Å². The maximum Gasteiger partial charge on any atom is 0.261 e. The van der Waals surface area contributed by atoms with E-state index < -0.39 is 11.9 Å². The molecule has 17 heavy (non-hydrogen) atoms. The normalized spacial score (nSPS) is 10.2. The van der Waals surface area contributed by atoms with Gasteiger partial charge in [0.2, 0.25) is 5.95 Å². The summed E-state index contributed by atoms with van der Waals surface area (Å²) < 4.78 is 13.2. The molecule has 0 fully saturated rings. The molecule has 2 N–H and O–H groups in total. The summed E-state index contributed by atoms with van der Waals surface area (Å²) in [6.45, 7) is 1.96. The van der Waals surface area contributed by atoms with Crippen LogP contribution in [-0.4, -0.2) is 21.1 Å². The van der Waals surface area contributed by atoms with Crippen LogP contribution in [0.5, 0.6) is 0 Å². The van der Waals surface area contributed by atoms with E-state index in [2.05, 4.69) is 20.5 Å². The Hall–Kier alpha value is -2.24. The highest BCUT2D eigenvalue weighted by Gasteiger charge is 2.13. The second-order valence-electron chi connectivity index (χ2n) is 3.43. The number of halogens is 1. The summed E-state index contributed by atoms with van der Waals surface area (Å²) in [6.07, 6.45) is 2.07. The van der Waals surface area contributed by atoms with Crippen LogP contribution in [0.15, 0.2) is 24.4 Å². The molecule has 0 aliphatic rings. The number of aromatic amines is 1. The second kappa shape index (κ2) is 4.73. The number of hydrogen-bond acceptors (Lipinski definition) is 3. The number of aryl methyl sites for hydroxylation is 1. The number of nitrogens with zero attached hydrogens (tertiary/aromatic N) is 2. The Morgan fingerprint density at radius 1 is 1.59 bits per heavy atom. The van der Waals surface area contributed by atoms with Gasteiger partial charge in [0.1, 0.15) is 0 Å². The molecule has 0 radical (unpaired) electrons. The molecule has 0 saturated heterocycles. The maximum absolute atomic E-state index is 13.2. The van der Waals surface area contributed by atoms with Gasteiger partial charge in [-0.1, -0.05) is 6.92 Å². The molecule has 88 valence electrons. The minimum Gasteiger partial charge on any atom is -0.305 e. The molecule has 2 aromatic rings. The molecule has 2 heterocycles. The first-order chi connectivity index (χ1) is 8.20. The van der Waals surface area contributed by atoms with E-state index in [1.165, 1.54) is 18.3 Å². The Bertz CT molecular complexity index is 538. The fourth-order valence-electron chi connectivity index (χ4n) is 1.35. The van der Waals surface area contributed by atoms with Crippen LogP contribution in [0.4, 0.5) is 10.2 Å². The van der Waals surface area contributed by atoms with Gasteiger partial charge in [0.25, 0.3) is 5.91 Å². The molecule has 2 rings (SSSR count). The van der Waals surface area contributed by atoms with Crippen molar-refractivity contribution >= 4 is 11.7 Å². The van der Waals surface area contributed by atoms with Gasteiger partial charge in [0.15, 0.2) is 5.82 Å². The first-order valence-electron chi connectivity index (χ1n) is 5.17. The van der Waals surface area contributed by atoms with Crippen LogP contribution in [0.2, 0.25) is 0 Å². The summed E-state index contributed by atoms with van der Waals surface area (Å²) in [5, 5.41) is 9.13. The fourth-order valence-corrected chi connectivity index (χ4v) is 1.35. The standard InChI is InChI=1S/C11H11FN4O/c1-2-7-6-9(16-15-7)14-11(17)8-4-3-5-13-10(8)12/h3-6H,2H2,1H3,(H2,14,15,16,17). The van der Waals surface area contributed by atoms with Crippen molar-refractivity contribution in [1.82, 2.24) is 15.2 Å². The van der Waals surface area contributed by atoms with E-state index in [1.54, 1.807) is 6.07 Å². The third-order valence-corrected chi connectivity index (χ3v) is 2.26. The minimum absolute atomic E-state index is 0.103. The lowest BCUT2D eigenvalue weighted by Gasteiger charge is -2.01. The van der Waals surface area contributed by atoms with Crippen LogP contribution < -0.4 is 5.32 Å². The number of anilines is 1. The lowest BCUT2D eigenvalue weighted by Crippen LogP contribution is -2.14. The molecule has 5 nitrogen and oxygen atoms in total. The largest absolute Gasteiger partial charge is 0.305 e. The Balaban J connectivity index is 2.14. The molecule has 0 aliphatic heterocycles. The van der Waals surface area contributed by atoms with E-state index >= 15 is 0 Å². The molecule has 0 aromatic carbocycles. The number of amides is 1. The van der Waals surface area contributed by atoms with Crippen molar-refractivity contribution in [2.45, 2.75) is 13.3 Å². The number of aromatic nitrogens is 3. The second-order valence-corrected chi connectivity index (χ2v) is 3.43. The van der Waals surface area contributed by atoms with Crippen LogP contribution in [0.25, 0.3) is 0 Å². The predicted molar refractivity (Wildman–Crippen MR) is 60.1 cm³/mol. The number of pyridine rings is 1. The quantitative estimate of drug-likeness (QED) is 0.795. The van der Waals surface area contributed by atoms with Gasteiger partial charge in [0.05, 0.1) is 5.56 Å². The van der Waals surface area contributed by atoms with Crippen LogP contribution in [0.3, 0.4) is 0 Å². The Morgan fingerprint density at radius 3 is 3.06 bits per heavy atom. The van der Waals surface area contributed by atoms with Gasteiger partial charge < -0.3 is 5.32 Å². The van der Waals surface area contributed by atoms with E-state index in [0.717, 1.165) is 12.1 Å². The zero-order valence-electron chi connectivity index (χ0n) is 9.20. The summed E-state index contributed by atoms with van der Waals surface area (Å²) in [6, 6.07) is 4.57. The average Bonchev–Trinajstić information content (AvgIpc) is 2.77. The van der Waals surface area contributed by atoms with Gasteiger partial charge in [0, 0.05) is 18.0 Å². The monoisotopic (exact) mass is 234 g/mol. The van der Waals surface area contributed by atoms with E-state index in [0.29, 0.717) is 5.82 Å². The maximum atomic E-state index is 13.2. The highest BCUT2D eigenvalue weighted by molar-refractivity contribution is 6.03. The van der Waals surface area contributed by atoms with Crippen LogP contribution in [-0.2, 0) is 6.42 Å². The Labute approximate surface area is 97.1 Å². The molecule has 1 amide bonds. The van der Waals surface area contributed by atoms with Crippen LogP contribution in [0.1, 0.15) is 23.0 Å². The molecule has 2 aromatic heterocycles. The minimum atomic E-state index is -0.795. The van der Waals surface area contributed by atoms with E-state index in [-0.39, 0.29) is 5.56 Å². The van der Waals surface area contributed by atoms with Crippen LogP contribution >= 0.6 is 0 Å². The number of carbonyl (C=O) groups excluding carboxylic acids is 1. The van der Waals surface area contributed by atoms with Crippen molar-refractivity contribution in [3.63, 3.8) is 0 Å². The predicted octanol–water partition coefficient (Wildman–Crippen LogP) is 1.76. The fraction of sp³-hybridized carbons (Fsp3) is 0.182. The van der Waals surface area contributed by atoms with E-state index in [1.807, 2.05) is 6.92 Å². The molecule has 0 bridgehead atoms. The number of H-pyrrole nitrogens is 1. The lowest BCUT2D eigenvalue weighted by molar-refractivity contribution is 0.102. The summed E-state index contributed by atoms with van der Waals surface area (Å²) in [4.78, 5) is 15.1. The average molecular weight is 234 g/mol. The highest BCUT2D eigenvalue weighted by Crippen LogP contribution is 2.09. The summed E-state index contributed by atoms with van der Waals surface area (Å²) in [5.41, 5.74) is 0.792. The van der Waals surface area contributed by atoms with Gasteiger partial charge in [-0.3, -0.25) is 9.89 Å². The third-order valence-electron chi connectivity index (χ3n) is 2.26. The molecule has 0 unspecified atom stereocenters. The number of carbonyl (C=O) groups is 1. The molecule has 0 aliphatic carbocycles. The molecular weight excluding hydrogens is 223 g/mol. The van der Waals surface area contributed by atoms with E-state index in [9.17, 15) is 9.18 Å². The van der Waals surface area contributed by atoms with Crippen molar-refractivity contribution in [3.8, 4) is 0 Å². The zero-order valence-corrected chi connectivity index (χ0v) is 9.20. The van der Waals surface area contributed by atoms with Gasteiger partial charge in [-0.15, -0.1) is 0 Å². The number of hydrogen-bond donors (Lipinski definition) is 2. The molecule has 0 atom stereocenters. The summed E-state index contributed by atoms with van der Waals surface area (Å²) in [5.74, 6) is -0.990. The summed E-state index contributed by atoms with van der Waals surface area (Å²) >= 11 is 0. The molecule has 0 saturated carbocycles. The van der Waals surface area contributed by atoms with Crippen molar-refractivity contribution in [1.29, 1.82) is 0 Å². The Kier molecular flexibility index (Phi) is 3.13.